The number of fused-ring (bicyclic) bond motifs is 2. The minimum absolute atomic E-state index is 0. The molecule has 4 aromatic carbocycles. The number of hydrogen-bond donors (Lipinski definition) is 0. The summed E-state index contributed by atoms with van der Waals surface area (Å²) in [6.07, 6.45) is 5.10. The van der Waals surface area contributed by atoms with Crippen LogP contribution in [0.2, 0.25) is 9.26 Å². The van der Waals surface area contributed by atoms with Crippen LogP contribution >= 0.6 is 24.8 Å². The molecule has 0 aliphatic heterocycles. The van der Waals surface area contributed by atoms with Gasteiger partial charge in [-0.1, -0.05) is 0 Å². The van der Waals surface area contributed by atoms with Crippen molar-refractivity contribution in [3.05, 3.63) is 136 Å². The molecule has 4 heteroatoms. The minimum atomic E-state index is -3.68. The molecule has 0 saturated carbocycles. The zero-order chi connectivity index (χ0) is 26.7. The van der Waals surface area contributed by atoms with Crippen molar-refractivity contribution in [3.63, 3.8) is 0 Å². The largest absolute Gasteiger partial charge is 0.147 e. The number of aryl methyl sites for hydroxylation is 1. The molecule has 0 spiro atoms. The summed E-state index contributed by atoms with van der Waals surface area (Å²) >= 11 is -3.68. The van der Waals surface area contributed by atoms with Gasteiger partial charge in [0.05, 0.1) is 0 Å². The number of halogens is 2. The van der Waals surface area contributed by atoms with Crippen LogP contribution in [0.5, 0.6) is 0 Å². The van der Waals surface area contributed by atoms with Crippen LogP contribution in [-0.4, -0.2) is 6.88 Å². The van der Waals surface area contributed by atoms with Crippen LogP contribution in [0, 0.1) is 12.8 Å². The first-order valence-corrected chi connectivity index (χ1v) is 27.7. The number of rotatable bonds is 5. The van der Waals surface area contributed by atoms with Gasteiger partial charge in [0.1, 0.15) is 0 Å². The molecule has 4 aromatic rings. The second-order valence-electron chi connectivity index (χ2n) is 12.8. The summed E-state index contributed by atoms with van der Waals surface area (Å²) in [6.45, 7) is 9.53. The Morgan fingerprint density at radius 3 is 1.95 bits per heavy atom. The van der Waals surface area contributed by atoms with E-state index in [0.717, 1.165) is 0 Å². The monoisotopic (exact) mass is 660 g/mol. The van der Waals surface area contributed by atoms with Crippen molar-refractivity contribution in [2.24, 2.45) is 5.92 Å². The summed E-state index contributed by atoms with van der Waals surface area (Å²) in [4.78, 5) is 0. The van der Waals surface area contributed by atoms with Crippen LogP contribution in [0.4, 0.5) is 0 Å². The van der Waals surface area contributed by atoms with Crippen LogP contribution in [0.15, 0.2) is 103 Å². The summed E-state index contributed by atoms with van der Waals surface area (Å²) in [7, 11) is 0. The van der Waals surface area contributed by atoms with Gasteiger partial charge in [-0.15, -0.1) is 24.8 Å². The molecule has 0 heterocycles. The van der Waals surface area contributed by atoms with Crippen LogP contribution in [0.1, 0.15) is 54.5 Å². The fourth-order valence-electron chi connectivity index (χ4n) is 7.49. The van der Waals surface area contributed by atoms with Crippen molar-refractivity contribution in [1.82, 2.24) is 0 Å². The maximum atomic E-state index is 2.75. The fraction of sp³-hybridized carbons (Fsp3) is 0.222. The topological polar surface area (TPSA) is 0 Å². The van der Waals surface area contributed by atoms with E-state index in [1.54, 1.807) is 22.3 Å². The maximum absolute atomic E-state index is 3.68. The Labute approximate surface area is 255 Å². The normalized spacial score (nSPS) is 17.8. The van der Waals surface area contributed by atoms with Gasteiger partial charge in [-0.2, -0.15) is 0 Å². The minimum Gasteiger partial charge on any atom is -0.147 e. The van der Waals surface area contributed by atoms with E-state index in [2.05, 4.69) is 146 Å². The molecule has 6 rings (SSSR count). The van der Waals surface area contributed by atoms with E-state index in [1.807, 2.05) is 0 Å². The van der Waals surface area contributed by atoms with E-state index >= 15 is 0 Å². The Balaban J connectivity index is 0.00000185. The third kappa shape index (κ3) is 5.00. The molecule has 0 radical (unpaired) electrons. The molecule has 2 aliphatic rings. The summed E-state index contributed by atoms with van der Waals surface area (Å²) in [5, 5.41) is 0. The first-order chi connectivity index (χ1) is 18.2. The van der Waals surface area contributed by atoms with Crippen LogP contribution in [0.3, 0.4) is 0 Å². The molecule has 0 nitrogen and oxygen atoms in total. The number of hydrogen-bond acceptors (Lipinski definition) is 0. The maximum Gasteiger partial charge on any atom is -0.147 e. The van der Waals surface area contributed by atoms with Gasteiger partial charge in [0.2, 0.25) is 0 Å². The quantitative estimate of drug-likeness (QED) is 0.187. The molecule has 0 bridgehead atoms. The third-order valence-electron chi connectivity index (χ3n) is 9.13. The molecule has 0 aromatic heterocycles. The van der Waals surface area contributed by atoms with Crippen molar-refractivity contribution < 1.29 is 17.4 Å². The molecule has 2 atom stereocenters. The van der Waals surface area contributed by atoms with E-state index in [1.165, 1.54) is 33.4 Å². The third-order valence-corrected chi connectivity index (χ3v) is 26.4. The van der Waals surface area contributed by atoms with Gasteiger partial charge >= 0.3 is 232 Å². The van der Waals surface area contributed by atoms with Gasteiger partial charge in [-0.25, -0.2) is 0 Å². The van der Waals surface area contributed by atoms with E-state index in [9.17, 15) is 0 Å². The van der Waals surface area contributed by atoms with Gasteiger partial charge in [0, 0.05) is 0 Å². The van der Waals surface area contributed by atoms with E-state index in [-0.39, 0.29) is 24.8 Å². The van der Waals surface area contributed by atoms with Gasteiger partial charge < -0.3 is 0 Å². The summed E-state index contributed by atoms with van der Waals surface area (Å²) in [5.74, 6) is 0.510. The van der Waals surface area contributed by atoms with Crippen LogP contribution in [-0.2, 0) is 17.4 Å². The standard InChI is InChI=1S/C18H17.C16H13.2CH3.2ClH.H2Si.Zr/c1-13(2)16-11-15-9-6-10-17(18(15)12-16)14-7-4-3-5-8-14;1-12-6-2-5-9-16(12)15-10-13-7-3-4-8-14(13)11-15;;;;;;/h3-13H,1-2H3;2-11H,1H3;2*1H3;2*1H;1H2;. The molecule has 2 aliphatic carbocycles. The molecular weight excluding hydrogens is 623 g/mol. The van der Waals surface area contributed by atoms with Gasteiger partial charge in [-0.05, 0) is 0 Å². The first-order valence-electron chi connectivity index (χ1n) is 14.0. The summed E-state index contributed by atoms with van der Waals surface area (Å²) in [5.41, 5.74) is 14.7. The Morgan fingerprint density at radius 1 is 0.650 bits per heavy atom. The Hall–Kier alpha value is -1.96. The van der Waals surface area contributed by atoms with Crippen molar-refractivity contribution in [1.29, 1.82) is 0 Å². The average Bonchev–Trinajstić information content (AvgIpc) is 3.50. The molecule has 206 valence electrons. The predicted octanol–water partition coefficient (Wildman–Crippen LogP) is 10.2. The van der Waals surface area contributed by atoms with Gasteiger partial charge in [-0.3, -0.25) is 0 Å². The van der Waals surface area contributed by atoms with E-state index in [0.29, 0.717) is 13.2 Å². The molecule has 0 amide bonds. The second kappa shape index (κ2) is 11.4. The second-order valence-corrected chi connectivity index (χ2v) is 43.3. The average molecular weight is 663 g/mol. The zero-order valence-electron chi connectivity index (χ0n) is 24.1. The predicted molar refractivity (Wildman–Crippen MR) is 180 cm³/mol. The van der Waals surface area contributed by atoms with Crippen LogP contribution < -0.4 is 0 Å². The van der Waals surface area contributed by atoms with E-state index < -0.39 is 17.4 Å². The van der Waals surface area contributed by atoms with Gasteiger partial charge in [0.15, 0.2) is 0 Å². The fourth-order valence-corrected chi connectivity index (χ4v) is 26.7. The van der Waals surface area contributed by atoms with Crippen molar-refractivity contribution in [3.8, 4) is 11.1 Å². The SMILES string of the molecule is Cc1ccccc1C1=Cc2ccccc2[CH]1[Zr]([CH3])([CH3])(=[SiH2])[CH]1C(C(C)C)=Cc2c(-c3ccccc3)cccc21.Cl.Cl. The Bertz CT molecular complexity index is 1690. The Kier molecular flexibility index (Phi) is 8.81. The number of benzene rings is 4. The van der Waals surface area contributed by atoms with Crippen molar-refractivity contribution in [2.45, 2.75) is 37.3 Å². The first kappa shape index (κ1) is 31.0. The zero-order valence-corrected chi connectivity index (χ0v) is 29.7. The van der Waals surface area contributed by atoms with Crippen molar-refractivity contribution >= 4 is 49.4 Å². The summed E-state index contributed by atoms with van der Waals surface area (Å²) in [6, 6.07) is 36.3. The molecule has 0 saturated heterocycles. The molecule has 0 N–H and O–H groups in total. The molecule has 0 fully saturated rings. The molecule has 40 heavy (non-hydrogen) atoms. The van der Waals surface area contributed by atoms with E-state index in [4.69, 9.17) is 0 Å². The number of allylic oxidation sites excluding steroid dienone is 2. The van der Waals surface area contributed by atoms with Crippen LogP contribution in [0.25, 0.3) is 28.9 Å². The molecule has 2 unspecified atom stereocenters. The smallest absolute Gasteiger partial charge is 0.147 e. The summed E-state index contributed by atoms with van der Waals surface area (Å²) < 4.78 is 6.50. The molecular formula is C36H40Cl2SiZr. The van der Waals surface area contributed by atoms with Gasteiger partial charge in [0.25, 0.3) is 0 Å². The van der Waals surface area contributed by atoms with Crippen molar-refractivity contribution in [2.75, 3.05) is 0 Å². The Morgan fingerprint density at radius 2 is 1.25 bits per heavy atom.